The van der Waals surface area contributed by atoms with Crippen LogP contribution in [0.15, 0.2) is 35.2 Å². The molecule has 2 aromatic heterocycles. The third kappa shape index (κ3) is 3.05. The number of hydrogen-bond donors (Lipinski definition) is 1. The molecule has 0 aromatic carbocycles. The molecule has 20 heavy (non-hydrogen) atoms. The van der Waals surface area contributed by atoms with E-state index in [9.17, 15) is 9.90 Å². The van der Waals surface area contributed by atoms with Crippen molar-refractivity contribution >= 4 is 17.3 Å². The first-order chi connectivity index (χ1) is 9.74. The van der Waals surface area contributed by atoms with E-state index < -0.39 is 5.97 Å². The second-order valence-corrected chi connectivity index (χ2v) is 5.86. The quantitative estimate of drug-likeness (QED) is 0.887. The van der Waals surface area contributed by atoms with Gasteiger partial charge in [-0.2, -0.15) is 11.3 Å². The highest BCUT2D eigenvalue weighted by Gasteiger charge is 2.30. The van der Waals surface area contributed by atoms with E-state index in [1.165, 1.54) is 24.6 Å². The summed E-state index contributed by atoms with van der Waals surface area (Å²) >= 11 is 1.69. The first-order valence-corrected chi connectivity index (χ1v) is 7.60. The summed E-state index contributed by atoms with van der Waals surface area (Å²) in [6.45, 7) is 1.53. The van der Waals surface area contributed by atoms with Crippen LogP contribution in [-0.2, 0) is 13.1 Å². The van der Waals surface area contributed by atoms with Crippen LogP contribution in [0.25, 0.3) is 0 Å². The molecule has 0 radical (unpaired) electrons. The van der Waals surface area contributed by atoms with Crippen molar-refractivity contribution in [3.8, 4) is 0 Å². The number of thiophene rings is 1. The molecule has 1 aliphatic carbocycles. The van der Waals surface area contributed by atoms with Crippen LogP contribution in [0.2, 0.25) is 0 Å². The van der Waals surface area contributed by atoms with E-state index in [1.807, 2.05) is 6.07 Å². The van der Waals surface area contributed by atoms with E-state index in [1.54, 1.807) is 17.4 Å². The number of aromatic carboxylic acids is 1. The highest BCUT2D eigenvalue weighted by Crippen LogP contribution is 2.30. The zero-order chi connectivity index (χ0) is 13.9. The highest BCUT2D eigenvalue weighted by atomic mass is 32.1. The Balaban J connectivity index is 1.78. The number of aromatic nitrogens is 1. The lowest BCUT2D eigenvalue weighted by molar-refractivity contribution is 0.0687. The summed E-state index contributed by atoms with van der Waals surface area (Å²) in [5.74, 6) is -0.952. The standard InChI is InChI=1S/C15H16N2O2S/c18-15(19)14-12(2-1-6-16-14)9-17(13-3-4-13)8-11-5-7-20-10-11/h1-2,5-7,10,13H,3-4,8-9H2,(H,18,19). The molecule has 0 unspecified atom stereocenters. The molecule has 2 aromatic rings. The Kier molecular flexibility index (Phi) is 3.80. The van der Waals surface area contributed by atoms with Crippen molar-refractivity contribution in [2.24, 2.45) is 0 Å². The average molecular weight is 288 g/mol. The third-order valence-electron chi connectivity index (χ3n) is 3.50. The zero-order valence-electron chi connectivity index (χ0n) is 11.0. The van der Waals surface area contributed by atoms with E-state index in [4.69, 9.17) is 0 Å². The second kappa shape index (κ2) is 5.73. The molecule has 2 heterocycles. The molecule has 0 bridgehead atoms. The van der Waals surface area contributed by atoms with Gasteiger partial charge < -0.3 is 5.11 Å². The van der Waals surface area contributed by atoms with Crippen LogP contribution >= 0.6 is 11.3 Å². The molecule has 3 rings (SSSR count). The molecule has 1 fully saturated rings. The third-order valence-corrected chi connectivity index (χ3v) is 4.23. The lowest BCUT2D eigenvalue weighted by Crippen LogP contribution is -2.26. The number of rotatable bonds is 6. The molecule has 0 aliphatic heterocycles. The van der Waals surface area contributed by atoms with Crippen LogP contribution < -0.4 is 0 Å². The second-order valence-electron chi connectivity index (χ2n) is 5.08. The van der Waals surface area contributed by atoms with E-state index in [0.29, 0.717) is 12.6 Å². The smallest absolute Gasteiger partial charge is 0.354 e. The van der Waals surface area contributed by atoms with Gasteiger partial charge in [0.15, 0.2) is 5.69 Å². The van der Waals surface area contributed by atoms with Gasteiger partial charge in [0.05, 0.1) is 0 Å². The molecule has 1 N–H and O–H groups in total. The summed E-state index contributed by atoms with van der Waals surface area (Å²) in [4.78, 5) is 17.6. The lowest BCUT2D eigenvalue weighted by atomic mass is 10.1. The number of nitrogens with zero attached hydrogens (tertiary/aromatic N) is 2. The van der Waals surface area contributed by atoms with Crippen molar-refractivity contribution in [1.29, 1.82) is 0 Å². The Morgan fingerprint density at radius 1 is 1.40 bits per heavy atom. The molecule has 4 nitrogen and oxygen atoms in total. The highest BCUT2D eigenvalue weighted by molar-refractivity contribution is 7.07. The number of carboxylic acids is 1. The zero-order valence-corrected chi connectivity index (χ0v) is 11.8. The summed E-state index contributed by atoms with van der Waals surface area (Å²) in [5.41, 5.74) is 2.26. The average Bonchev–Trinajstić information content (AvgIpc) is 3.17. The lowest BCUT2D eigenvalue weighted by Gasteiger charge is -2.22. The van der Waals surface area contributed by atoms with Gasteiger partial charge in [-0.05, 0) is 46.9 Å². The molecule has 0 atom stereocenters. The van der Waals surface area contributed by atoms with E-state index in [-0.39, 0.29) is 5.69 Å². The van der Waals surface area contributed by atoms with Gasteiger partial charge in [0, 0.05) is 25.3 Å². The Morgan fingerprint density at radius 3 is 2.90 bits per heavy atom. The molecule has 0 amide bonds. The topological polar surface area (TPSA) is 53.4 Å². The maximum Gasteiger partial charge on any atom is 0.354 e. The largest absolute Gasteiger partial charge is 0.477 e. The van der Waals surface area contributed by atoms with Gasteiger partial charge in [0.1, 0.15) is 0 Å². The van der Waals surface area contributed by atoms with Crippen LogP contribution in [0.5, 0.6) is 0 Å². The Morgan fingerprint density at radius 2 is 2.25 bits per heavy atom. The Bertz CT molecular complexity index is 594. The summed E-state index contributed by atoms with van der Waals surface area (Å²) in [5, 5.41) is 13.4. The van der Waals surface area contributed by atoms with E-state index in [0.717, 1.165) is 12.1 Å². The van der Waals surface area contributed by atoms with Crippen LogP contribution in [0.4, 0.5) is 0 Å². The first kappa shape index (κ1) is 13.3. The molecule has 1 saturated carbocycles. The van der Waals surface area contributed by atoms with Crippen molar-refractivity contribution < 1.29 is 9.90 Å². The van der Waals surface area contributed by atoms with Crippen LogP contribution in [0, 0.1) is 0 Å². The van der Waals surface area contributed by atoms with Crippen LogP contribution in [0.3, 0.4) is 0 Å². The summed E-state index contributed by atoms with van der Waals surface area (Å²) < 4.78 is 0. The van der Waals surface area contributed by atoms with Crippen molar-refractivity contribution in [2.45, 2.75) is 32.0 Å². The van der Waals surface area contributed by atoms with Crippen LogP contribution in [-0.4, -0.2) is 27.0 Å². The molecule has 104 valence electrons. The van der Waals surface area contributed by atoms with E-state index in [2.05, 4.69) is 26.7 Å². The first-order valence-electron chi connectivity index (χ1n) is 6.66. The number of hydrogen-bond acceptors (Lipinski definition) is 4. The molecule has 5 heteroatoms. The van der Waals surface area contributed by atoms with Gasteiger partial charge in [-0.3, -0.25) is 4.90 Å². The molecule has 0 saturated heterocycles. The number of pyridine rings is 1. The van der Waals surface area contributed by atoms with Crippen LogP contribution in [0.1, 0.15) is 34.5 Å². The maximum absolute atomic E-state index is 11.2. The number of carbonyl (C=O) groups is 1. The fraction of sp³-hybridized carbons (Fsp3) is 0.333. The summed E-state index contributed by atoms with van der Waals surface area (Å²) in [6.07, 6.45) is 3.94. The van der Waals surface area contributed by atoms with Crippen molar-refractivity contribution in [3.63, 3.8) is 0 Å². The van der Waals surface area contributed by atoms with Crippen molar-refractivity contribution in [1.82, 2.24) is 9.88 Å². The Hall–Kier alpha value is -1.72. The molecule has 1 aliphatic rings. The fourth-order valence-corrected chi connectivity index (χ4v) is 3.01. The SMILES string of the molecule is O=C(O)c1ncccc1CN(Cc1ccsc1)C1CC1. The molecular formula is C15H16N2O2S. The van der Waals surface area contributed by atoms with Gasteiger partial charge in [-0.25, -0.2) is 9.78 Å². The van der Waals surface area contributed by atoms with Gasteiger partial charge in [0.25, 0.3) is 0 Å². The summed E-state index contributed by atoms with van der Waals surface area (Å²) in [7, 11) is 0. The normalized spacial score (nSPS) is 14.7. The van der Waals surface area contributed by atoms with Gasteiger partial charge in [-0.1, -0.05) is 6.07 Å². The minimum absolute atomic E-state index is 0.170. The fourth-order valence-electron chi connectivity index (χ4n) is 2.35. The summed E-state index contributed by atoms with van der Waals surface area (Å²) in [6, 6.07) is 6.37. The minimum atomic E-state index is -0.952. The van der Waals surface area contributed by atoms with Crippen molar-refractivity contribution in [2.75, 3.05) is 0 Å². The minimum Gasteiger partial charge on any atom is -0.477 e. The monoisotopic (exact) mass is 288 g/mol. The molecular weight excluding hydrogens is 272 g/mol. The van der Waals surface area contributed by atoms with Gasteiger partial charge >= 0.3 is 5.97 Å². The van der Waals surface area contributed by atoms with Gasteiger partial charge in [-0.15, -0.1) is 0 Å². The van der Waals surface area contributed by atoms with E-state index >= 15 is 0 Å². The number of carboxylic acid groups (broad SMARTS) is 1. The van der Waals surface area contributed by atoms with Gasteiger partial charge in [0.2, 0.25) is 0 Å². The Labute approximate surface area is 121 Å². The van der Waals surface area contributed by atoms with Crippen molar-refractivity contribution in [3.05, 3.63) is 52.0 Å². The molecule has 0 spiro atoms. The predicted molar refractivity (Wildman–Crippen MR) is 77.8 cm³/mol. The maximum atomic E-state index is 11.2. The predicted octanol–water partition coefficient (Wildman–Crippen LogP) is 3.01.